The Bertz CT molecular complexity index is 528. The Kier molecular flexibility index (Phi) is 3.42. The Morgan fingerprint density at radius 1 is 1.50 bits per heavy atom. The molecule has 1 unspecified atom stereocenters. The summed E-state index contributed by atoms with van der Waals surface area (Å²) in [5.41, 5.74) is 2.06. The third-order valence-electron chi connectivity index (χ3n) is 4.54. The topological polar surface area (TPSA) is 49.8 Å². The smallest absolute Gasteiger partial charge is 0.310 e. The molecule has 2 heterocycles. The Balaban J connectivity index is 1.57. The monoisotopic (exact) mass is 275 g/mol. The summed E-state index contributed by atoms with van der Waals surface area (Å²) in [6.07, 6.45) is 2.73. The molecule has 0 saturated carbocycles. The molecule has 20 heavy (non-hydrogen) atoms. The number of nitrogens with zero attached hydrogens (tertiary/aromatic N) is 1. The van der Waals surface area contributed by atoms with Gasteiger partial charge in [0, 0.05) is 19.5 Å². The van der Waals surface area contributed by atoms with Crippen LogP contribution >= 0.6 is 0 Å². The minimum Gasteiger partial charge on any atom is -0.493 e. The van der Waals surface area contributed by atoms with Crippen LogP contribution in [0.4, 0.5) is 0 Å². The summed E-state index contributed by atoms with van der Waals surface area (Å²) in [5, 5.41) is 9.24. The maximum absolute atomic E-state index is 11.2. The van der Waals surface area contributed by atoms with Gasteiger partial charge < -0.3 is 14.7 Å². The Morgan fingerprint density at radius 2 is 2.35 bits per heavy atom. The van der Waals surface area contributed by atoms with E-state index in [1.807, 2.05) is 6.92 Å². The summed E-state index contributed by atoms with van der Waals surface area (Å²) >= 11 is 0. The van der Waals surface area contributed by atoms with Gasteiger partial charge in [0.25, 0.3) is 0 Å². The van der Waals surface area contributed by atoms with Gasteiger partial charge in [0.15, 0.2) is 0 Å². The molecule has 0 aromatic heterocycles. The fourth-order valence-corrected chi connectivity index (χ4v) is 3.10. The fourth-order valence-electron chi connectivity index (χ4n) is 3.10. The van der Waals surface area contributed by atoms with E-state index in [0.717, 1.165) is 44.7 Å². The molecule has 0 bridgehead atoms. The summed E-state index contributed by atoms with van der Waals surface area (Å²) in [5.74, 6) is 0.350. The van der Waals surface area contributed by atoms with Crippen LogP contribution in [0.15, 0.2) is 18.2 Å². The highest BCUT2D eigenvalue weighted by molar-refractivity contribution is 5.74. The number of aliphatic carboxylic acids is 1. The van der Waals surface area contributed by atoms with E-state index in [1.54, 1.807) is 0 Å². The Hall–Kier alpha value is -1.55. The second-order valence-electron chi connectivity index (χ2n) is 6.18. The number of carboxylic acids is 1. The number of carboxylic acid groups (broad SMARTS) is 1. The van der Waals surface area contributed by atoms with Gasteiger partial charge in [-0.25, -0.2) is 0 Å². The van der Waals surface area contributed by atoms with Crippen LogP contribution in [-0.4, -0.2) is 42.2 Å². The maximum Gasteiger partial charge on any atom is 0.310 e. The number of hydrogen-bond acceptors (Lipinski definition) is 3. The van der Waals surface area contributed by atoms with Crippen molar-refractivity contribution in [2.75, 3.05) is 26.2 Å². The molecule has 1 saturated heterocycles. The van der Waals surface area contributed by atoms with Crippen LogP contribution in [0.5, 0.6) is 5.75 Å². The SMILES string of the molecule is CC1(C(=O)O)CCN(CCc2ccc3c(c2)CCO3)C1. The van der Waals surface area contributed by atoms with Crippen LogP contribution in [0.3, 0.4) is 0 Å². The summed E-state index contributed by atoms with van der Waals surface area (Å²) in [7, 11) is 0. The van der Waals surface area contributed by atoms with Crippen LogP contribution in [0.1, 0.15) is 24.5 Å². The normalized spacial score (nSPS) is 25.4. The van der Waals surface area contributed by atoms with Gasteiger partial charge in [-0.1, -0.05) is 12.1 Å². The molecule has 1 fully saturated rings. The number of carbonyl (C=O) groups is 1. The van der Waals surface area contributed by atoms with Gasteiger partial charge in [0.05, 0.1) is 12.0 Å². The van der Waals surface area contributed by atoms with Gasteiger partial charge >= 0.3 is 5.97 Å². The molecular formula is C16H21NO3. The molecule has 0 radical (unpaired) electrons. The van der Waals surface area contributed by atoms with Crippen molar-refractivity contribution in [2.24, 2.45) is 5.41 Å². The van der Waals surface area contributed by atoms with Crippen molar-refractivity contribution >= 4 is 5.97 Å². The van der Waals surface area contributed by atoms with Crippen molar-refractivity contribution in [1.82, 2.24) is 4.90 Å². The lowest BCUT2D eigenvalue weighted by molar-refractivity contribution is -0.147. The van der Waals surface area contributed by atoms with E-state index >= 15 is 0 Å². The van der Waals surface area contributed by atoms with Crippen molar-refractivity contribution in [2.45, 2.75) is 26.2 Å². The van der Waals surface area contributed by atoms with Gasteiger partial charge in [-0.05, 0) is 43.5 Å². The van der Waals surface area contributed by atoms with Crippen molar-refractivity contribution in [3.05, 3.63) is 29.3 Å². The van der Waals surface area contributed by atoms with Gasteiger partial charge in [0.2, 0.25) is 0 Å². The zero-order valence-corrected chi connectivity index (χ0v) is 11.9. The van der Waals surface area contributed by atoms with E-state index in [2.05, 4.69) is 23.1 Å². The van der Waals surface area contributed by atoms with Crippen molar-refractivity contribution in [1.29, 1.82) is 0 Å². The molecule has 1 aromatic carbocycles. The van der Waals surface area contributed by atoms with Crippen LogP contribution < -0.4 is 4.74 Å². The second-order valence-corrected chi connectivity index (χ2v) is 6.18. The third kappa shape index (κ3) is 2.52. The number of fused-ring (bicyclic) bond motifs is 1. The molecular weight excluding hydrogens is 254 g/mol. The van der Waals surface area contributed by atoms with Crippen molar-refractivity contribution < 1.29 is 14.6 Å². The van der Waals surface area contributed by atoms with E-state index in [9.17, 15) is 9.90 Å². The summed E-state index contributed by atoms with van der Waals surface area (Å²) in [6, 6.07) is 6.41. The minimum atomic E-state index is -0.672. The zero-order valence-electron chi connectivity index (χ0n) is 11.9. The van der Waals surface area contributed by atoms with E-state index in [0.29, 0.717) is 6.54 Å². The first-order valence-corrected chi connectivity index (χ1v) is 7.27. The van der Waals surface area contributed by atoms with Crippen LogP contribution in [0.25, 0.3) is 0 Å². The highest BCUT2D eigenvalue weighted by Crippen LogP contribution is 2.30. The molecule has 2 aliphatic rings. The number of benzene rings is 1. The molecule has 2 aliphatic heterocycles. The van der Waals surface area contributed by atoms with Crippen LogP contribution in [0, 0.1) is 5.41 Å². The summed E-state index contributed by atoms with van der Waals surface area (Å²) < 4.78 is 5.51. The number of likely N-dealkylation sites (tertiary alicyclic amines) is 1. The molecule has 1 N–H and O–H groups in total. The van der Waals surface area contributed by atoms with Crippen LogP contribution in [0.2, 0.25) is 0 Å². The molecule has 0 amide bonds. The maximum atomic E-state index is 11.2. The van der Waals surface area contributed by atoms with Crippen LogP contribution in [-0.2, 0) is 17.6 Å². The lowest BCUT2D eigenvalue weighted by Gasteiger charge is -2.20. The predicted octanol–water partition coefficient (Wildman–Crippen LogP) is 1.96. The molecule has 4 heteroatoms. The quantitative estimate of drug-likeness (QED) is 0.912. The van der Waals surface area contributed by atoms with E-state index in [4.69, 9.17) is 4.74 Å². The third-order valence-corrected chi connectivity index (χ3v) is 4.54. The van der Waals surface area contributed by atoms with Gasteiger partial charge in [0.1, 0.15) is 5.75 Å². The number of rotatable bonds is 4. The lowest BCUT2D eigenvalue weighted by atomic mass is 9.90. The lowest BCUT2D eigenvalue weighted by Crippen LogP contribution is -2.32. The second kappa shape index (κ2) is 5.09. The van der Waals surface area contributed by atoms with Crippen molar-refractivity contribution in [3.8, 4) is 5.75 Å². The Morgan fingerprint density at radius 3 is 3.10 bits per heavy atom. The molecule has 1 aromatic rings. The van der Waals surface area contributed by atoms with Crippen molar-refractivity contribution in [3.63, 3.8) is 0 Å². The van der Waals surface area contributed by atoms with Gasteiger partial charge in [-0.2, -0.15) is 0 Å². The van der Waals surface area contributed by atoms with E-state index in [1.165, 1.54) is 11.1 Å². The van der Waals surface area contributed by atoms with Gasteiger partial charge in [-0.3, -0.25) is 4.79 Å². The highest BCUT2D eigenvalue weighted by atomic mass is 16.5. The first-order valence-electron chi connectivity index (χ1n) is 7.27. The minimum absolute atomic E-state index is 0.564. The molecule has 0 aliphatic carbocycles. The Labute approximate surface area is 119 Å². The molecule has 3 rings (SSSR count). The van der Waals surface area contributed by atoms with Gasteiger partial charge in [-0.15, -0.1) is 0 Å². The average Bonchev–Trinajstić information content (AvgIpc) is 3.03. The predicted molar refractivity (Wildman–Crippen MR) is 76.1 cm³/mol. The number of ether oxygens (including phenoxy) is 1. The fraction of sp³-hybridized carbons (Fsp3) is 0.562. The summed E-state index contributed by atoms with van der Waals surface area (Å²) in [6.45, 7) is 5.12. The first kappa shape index (κ1) is 13.4. The zero-order chi connectivity index (χ0) is 14.2. The summed E-state index contributed by atoms with van der Waals surface area (Å²) in [4.78, 5) is 13.5. The highest BCUT2D eigenvalue weighted by Gasteiger charge is 2.39. The molecule has 1 atom stereocenters. The average molecular weight is 275 g/mol. The molecule has 4 nitrogen and oxygen atoms in total. The first-order chi connectivity index (χ1) is 9.57. The standard InChI is InChI=1S/C16H21NO3/c1-16(15(18)19)6-8-17(11-16)7-4-12-2-3-14-13(10-12)5-9-20-14/h2-3,10H,4-9,11H2,1H3,(H,18,19). The largest absolute Gasteiger partial charge is 0.493 e. The van der Waals surface area contributed by atoms with E-state index < -0.39 is 11.4 Å². The number of hydrogen-bond donors (Lipinski definition) is 1. The molecule has 0 spiro atoms. The molecule has 108 valence electrons. The van der Waals surface area contributed by atoms with E-state index in [-0.39, 0.29) is 0 Å².